The summed E-state index contributed by atoms with van der Waals surface area (Å²) in [4.78, 5) is 0. The zero-order valence-corrected chi connectivity index (χ0v) is 9.73. The van der Waals surface area contributed by atoms with E-state index >= 15 is 0 Å². The molecule has 4 nitrogen and oxygen atoms in total. The van der Waals surface area contributed by atoms with Gasteiger partial charge in [-0.1, -0.05) is 10.3 Å². The Morgan fingerprint density at radius 1 is 1.50 bits per heavy atom. The average molecular weight is 215 g/mol. The summed E-state index contributed by atoms with van der Waals surface area (Å²) < 4.78 is 4.61. The maximum atomic E-state index is 4.61. The SMILES string of the molecule is CSCCC(C)NCc1nonc1C. The summed E-state index contributed by atoms with van der Waals surface area (Å²) in [6.45, 7) is 4.82. The fourth-order valence-corrected chi connectivity index (χ4v) is 1.67. The molecule has 0 spiro atoms. The highest BCUT2D eigenvalue weighted by Crippen LogP contribution is 2.03. The average Bonchev–Trinajstić information content (AvgIpc) is 2.58. The van der Waals surface area contributed by atoms with Crippen molar-refractivity contribution in [1.82, 2.24) is 15.6 Å². The van der Waals surface area contributed by atoms with E-state index < -0.39 is 0 Å². The molecule has 1 aromatic rings. The lowest BCUT2D eigenvalue weighted by Gasteiger charge is -2.11. The molecule has 0 fully saturated rings. The number of aromatic nitrogens is 2. The van der Waals surface area contributed by atoms with Crippen molar-refractivity contribution in [2.45, 2.75) is 32.9 Å². The van der Waals surface area contributed by atoms with Crippen molar-refractivity contribution >= 4 is 11.8 Å². The molecule has 0 aliphatic rings. The van der Waals surface area contributed by atoms with E-state index in [0.29, 0.717) is 6.04 Å². The topological polar surface area (TPSA) is 51.0 Å². The molecule has 80 valence electrons. The zero-order chi connectivity index (χ0) is 10.4. The summed E-state index contributed by atoms with van der Waals surface area (Å²) in [7, 11) is 0. The lowest BCUT2D eigenvalue weighted by Crippen LogP contribution is -2.26. The molecule has 1 unspecified atom stereocenters. The molecule has 14 heavy (non-hydrogen) atoms. The summed E-state index contributed by atoms with van der Waals surface area (Å²) in [5.41, 5.74) is 1.77. The molecule has 0 radical (unpaired) electrons. The first-order chi connectivity index (χ1) is 6.74. The predicted molar refractivity (Wildman–Crippen MR) is 58.3 cm³/mol. The molecule has 0 aliphatic heterocycles. The van der Waals surface area contributed by atoms with E-state index in [9.17, 15) is 0 Å². The van der Waals surface area contributed by atoms with E-state index in [1.165, 1.54) is 12.2 Å². The molecule has 1 aromatic heterocycles. The van der Waals surface area contributed by atoms with Crippen LogP contribution < -0.4 is 5.32 Å². The number of rotatable bonds is 6. The maximum absolute atomic E-state index is 4.61. The van der Waals surface area contributed by atoms with Crippen LogP contribution in [0.4, 0.5) is 0 Å². The van der Waals surface area contributed by atoms with Crippen molar-refractivity contribution in [2.24, 2.45) is 0 Å². The summed E-state index contributed by atoms with van der Waals surface area (Å²) >= 11 is 1.87. The first-order valence-corrected chi connectivity index (χ1v) is 6.13. The third-order valence-electron chi connectivity index (χ3n) is 2.12. The van der Waals surface area contributed by atoms with Crippen molar-refractivity contribution in [2.75, 3.05) is 12.0 Å². The van der Waals surface area contributed by atoms with E-state index in [4.69, 9.17) is 0 Å². The van der Waals surface area contributed by atoms with Crippen LogP contribution in [0.5, 0.6) is 0 Å². The van der Waals surface area contributed by atoms with Crippen molar-refractivity contribution < 1.29 is 4.63 Å². The van der Waals surface area contributed by atoms with Gasteiger partial charge in [0.05, 0.1) is 0 Å². The Kier molecular flexibility index (Phi) is 4.97. The zero-order valence-electron chi connectivity index (χ0n) is 8.91. The van der Waals surface area contributed by atoms with Crippen LogP contribution in [0.15, 0.2) is 4.63 Å². The number of hydrogen-bond acceptors (Lipinski definition) is 5. The van der Waals surface area contributed by atoms with Crippen molar-refractivity contribution in [3.8, 4) is 0 Å². The quantitative estimate of drug-likeness (QED) is 0.781. The van der Waals surface area contributed by atoms with Crippen LogP contribution in [0, 0.1) is 6.92 Å². The molecular weight excluding hydrogens is 198 g/mol. The van der Waals surface area contributed by atoms with Crippen molar-refractivity contribution in [3.63, 3.8) is 0 Å². The van der Waals surface area contributed by atoms with E-state index in [0.717, 1.165) is 17.9 Å². The lowest BCUT2D eigenvalue weighted by molar-refractivity contribution is 0.299. The Balaban J connectivity index is 2.23. The minimum atomic E-state index is 0.513. The molecule has 0 aliphatic carbocycles. The molecule has 0 aromatic carbocycles. The van der Waals surface area contributed by atoms with Gasteiger partial charge in [0.25, 0.3) is 0 Å². The molecule has 1 N–H and O–H groups in total. The summed E-state index contributed by atoms with van der Waals surface area (Å²) in [5, 5.41) is 10.9. The minimum absolute atomic E-state index is 0.513. The highest BCUT2D eigenvalue weighted by Gasteiger charge is 2.06. The van der Waals surface area contributed by atoms with E-state index in [1.807, 2.05) is 18.7 Å². The van der Waals surface area contributed by atoms with Crippen LogP contribution in [-0.4, -0.2) is 28.4 Å². The van der Waals surface area contributed by atoms with Gasteiger partial charge in [0.2, 0.25) is 0 Å². The summed E-state index contributed by atoms with van der Waals surface area (Å²) in [6.07, 6.45) is 3.30. The molecule has 1 heterocycles. The Morgan fingerprint density at radius 3 is 2.86 bits per heavy atom. The molecule has 0 amide bonds. The van der Waals surface area contributed by atoms with Crippen LogP contribution >= 0.6 is 11.8 Å². The second-order valence-corrected chi connectivity index (χ2v) is 4.35. The molecule has 0 bridgehead atoms. The number of nitrogens with zero attached hydrogens (tertiary/aromatic N) is 2. The second kappa shape index (κ2) is 6.03. The Hall–Kier alpha value is -0.550. The third kappa shape index (κ3) is 3.67. The number of nitrogens with one attached hydrogen (secondary N) is 1. The monoisotopic (exact) mass is 215 g/mol. The standard InChI is InChI=1S/C9H17N3OS/c1-7(4-5-14-3)10-6-9-8(2)11-13-12-9/h7,10H,4-6H2,1-3H3. The minimum Gasteiger partial charge on any atom is -0.308 e. The van der Waals surface area contributed by atoms with E-state index in [-0.39, 0.29) is 0 Å². The fourth-order valence-electron chi connectivity index (χ4n) is 1.08. The van der Waals surface area contributed by atoms with Gasteiger partial charge in [-0.05, 0) is 32.3 Å². The van der Waals surface area contributed by atoms with Gasteiger partial charge in [0.15, 0.2) is 0 Å². The summed E-state index contributed by atoms with van der Waals surface area (Å²) in [6, 6.07) is 0.513. The van der Waals surface area contributed by atoms with Gasteiger partial charge in [0, 0.05) is 12.6 Å². The van der Waals surface area contributed by atoms with Crippen molar-refractivity contribution in [1.29, 1.82) is 0 Å². The molecule has 0 saturated heterocycles. The van der Waals surface area contributed by atoms with Gasteiger partial charge >= 0.3 is 0 Å². The summed E-state index contributed by atoms with van der Waals surface area (Å²) in [5.74, 6) is 1.18. The van der Waals surface area contributed by atoms with Crippen LogP contribution in [-0.2, 0) is 6.54 Å². The number of thioether (sulfide) groups is 1. The third-order valence-corrected chi connectivity index (χ3v) is 2.76. The van der Waals surface area contributed by atoms with Crippen LogP contribution in [0.2, 0.25) is 0 Å². The highest BCUT2D eigenvalue weighted by atomic mass is 32.2. The molecule has 5 heteroatoms. The number of hydrogen-bond donors (Lipinski definition) is 1. The van der Waals surface area contributed by atoms with E-state index in [2.05, 4.69) is 33.4 Å². The fraction of sp³-hybridized carbons (Fsp3) is 0.778. The Labute approximate surface area is 88.8 Å². The van der Waals surface area contributed by atoms with E-state index in [1.54, 1.807) is 0 Å². The Morgan fingerprint density at radius 2 is 2.29 bits per heavy atom. The van der Waals surface area contributed by atoms with Gasteiger partial charge < -0.3 is 5.32 Å². The largest absolute Gasteiger partial charge is 0.308 e. The smallest absolute Gasteiger partial charge is 0.121 e. The molecule has 0 saturated carbocycles. The lowest BCUT2D eigenvalue weighted by atomic mass is 10.2. The van der Waals surface area contributed by atoms with Crippen LogP contribution in [0.25, 0.3) is 0 Å². The van der Waals surface area contributed by atoms with Gasteiger partial charge in [-0.15, -0.1) is 0 Å². The van der Waals surface area contributed by atoms with Crippen molar-refractivity contribution in [3.05, 3.63) is 11.4 Å². The first-order valence-electron chi connectivity index (χ1n) is 4.74. The second-order valence-electron chi connectivity index (χ2n) is 3.36. The van der Waals surface area contributed by atoms with Crippen LogP contribution in [0.3, 0.4) is 0 Å². The Bertz CT molecular complexity index is 264. The normalized spacial score (nSPS) is 13.1. The van der Waals surface area contributed by atoms with Gasteiger partial charge in [-0.3, -0.25) is 0 Å². The number of aryl methyl sites for hydroxylation is 1. The molecular formula is C9H17N3OS. The molecule has 1 rings (SSSR count). The predicted octanol–water partition coefficient (Wildman–Crippen LogP) is 1.61. The van der Waals surface area contributed by atoms with Gasteiger partial charge in [0.1, 0.15) is 11.4 Å². The van der Waals surface area contributed by atoms with Gasteiger partial charge in [-0.2, -0.15) is 11.8 Å². The van der Waals surface area contributed by atoms with Gasteiger partial charge in [-0.25, -0.2) is 4.63 Å². The molecule has 1 atom stereocenters. The first kappa shape index (κ1) is 11.5. The highest BCUT2D eigenvalue weighted by molar-refractivity contribution is 7.98. The van der Waals surface area contributed by atoms with Crippen LogP contribution in [0.1, 0.15) is 24.7 Å². The maximum Gasteiger partial charge on any atom is 0.121 e.